The Labute approximate surface area is 470 Å². The standard InChI is InChI=1S/C70H120O6/c1-4-7-10-13-16-19-22-25-27-29-31-33-34-35-36-38-39-41-43-45-48-51-54-57-60-63-69(72)75-66-67(65-74-68(71)62-59-56-53-50-47-24-21-18-15-12-9-6-3)76-70(73)64-61-58-55-52-49-46-44-42-40-37-32-30-28-26-23-20-17-14-11-8-5-2/h8,11,17,20,22,25-26,28-29,31-32,37,42,44,49,52,67H,4-7,9-10,12-16,18-19,21,23-24,27,30,33-36,38-41,43,45-48,50-51,53-66H2,1-3H3/b11-8-,20-17-,25-22-,28-26-,31-29-,37-32-,44-42-,52-49-. The van der Waals surface area contributed by atoms with Gasteiger partial charge in [-0.1, -0.05) is 285 Å². The summed E-state index contributed by atoms with van der Waals surface area (Å²) in [5, 5.41) is 0. The van der Waals surface area contributed by atoms with Crippen molar-refractivity contribution in [1.29, 1.82) is 0 Å². The van der Waals surface area contributed by atoms with Gasteiger partial charge in [0.15, 0.2) is 6.10 Å². The zero-order chi connectivity index (χ0) is 55.0. The van der Waals surface area contributed by atoms with Crippen LogP contribution in [0.3, 0.4) is 0 Å². The highest BCUT2D eigenvalue weighted by molar-refractivity contribution is 5.71. The van der Waals surface area contributed by atoms with Gasteiger partial charge in [0, 0.05) is 19.3 Å². The van der Waals surface area contributed by atoms with E-state index < -0.39 is 6.10 Å². The Hall–Kier alpha value is -3.67. The summed E-state index contributed by atoms with van der Waals surface area (Å²) in [6.45, 7) is 6.50. The second-order valence-corrected chi connectivity index (χ2v) is 21.3. The van der Waals surface area contributed by atoms with Crippen LogP contribution in [0.2, 0.25) is 0 Å². The molecule has 0 aliphatic rings. The van der Waals surface area contributed by atoms with Crippen molar-refractivity contribution in [2.24, 2.45) is 0 Å². The van der Waals surface area contributed by atoms with Crippen LogP contribution in [0.5, 0.6) is 0 Å². The lowest BCUT2D eigenvalue weighted by Crippen LogP contribution is -2.30. The molecule has 6 nitrogen and oxygen atoms in total. The number of hydrogen-bond acceptors (Lipinski definition) is 6. The van der Waals surface area contributed by atoms with E-state index in [-0.39, 0.29) is 37.5 Å². The Morgan fingerprint density at radius 2 is 0.513 bits per heavy atom. The van der Waals surface area contributed by atoms with Crippen LogP contribution in [-0.4, -0.2) is 37.2 Å². The van der Waals surface area contributed by atoms with E-state index in [9.17, 15) is 14.4 Å². The molecule has 0 aromatic heterocycles. The maximum Gasteiger partial charge on any atom is 0.306 e. The predicted molar refractivity (Wildman–Crippen MR) is 330 cm³/mol. The first-order valence-corrected chi connectivity index (χ1v) is 32.2. The van der Waals surface area contributed by atoms with Crippen molar-refractivity contribution in [2.45, 2.75) is 316 Å². The van der Waals surface area contributed by atoms with Gasteiger partial charge in [0.2, 0.25) is 0 Å². The minimum Gasteiger partial charge on any atom is -0.462 e. The van der Waals surface area contributed by atoms with E-state index in [0.717, 1.165) is 96.3 Å². The van der Waals surface area contributed by atoms with Gasteiger partial charge in [-0.05, 0) is 103 Å². The Bertz CT molecular complexity index is 1490. The van der Waals surface area contributed by atoms with Crippen LogP contribution in [0.1, 0.15) is 310 Å². The number of esters is 3. The summed E-state index contributed by atoms with van der Waals surface area (Å²) in [5.74, 6) is -0.928. The Morgan fingerprint density at radius 1 is 0.276 bits per heavy atom. The first kappa shape index (κ1) is 72.3. The topological polar surface area (TPSA) is 78.9 Å². The summed E-state index contributed by atoms with van der Waals surface area (Å²) in [7, 11) is 0. The smallest absolute Gasteiger partial charge is 0.306 e. The van der Waals surface area contributed by atoms with E-state index in [4.69, 9.17) is 14.2 Å². The molecule has 0 aliphatic heterocycles. The van der Waals surface area contributed by atoms with Crippen molar-refractivity contribution >= 4 is 17.9 Å². The molecule has 1 unspecified atom stereocenters. The highest BCUT2D eigenvalue weighted by Gasteiger charge is 2.19. The van der Waals surface area contributed by atoms with Gasteiger partial charge in [0.1, 0.15) is 13.2 Å². The molecule has 0 heterocycles. The average molecular weight is 1060 g/mol. The van der Waals surface area contributed by atoms with E-state index in [1.807, 2.05) is 0 Å². The minimum atomic E-state index is -0.801. The highest BCUT2D eigenvalue weighted by atomic mass is 16.6. The minimum absolute atomic E-state index is 0.0930. The number of allylic oxidation sites excluding steroid dienone is 16. The second-order valence-electron chi connectivity index (χ2n) is 21.3. The van der Waals surface area contributed by atoms with E-state index in [1.165, 1.54) is 167 Å². The monoisotopic (exact) mass is 1060 g/mol. The molecule has 0 N–H and O–H groups in total. The molecule has 0 aromatic carbocycles. The molecule has 0 rings (SSSR count). The third-order valence-corrected chi connectivity index (χ3v) is 13.8. The lowest BCUT2D eigenvalue weighted by molar-refractivity contribution is -0.167. The van der Waals surface area contributed by atoms with Crippen LogP contribution >= 0.6 is 0 Å². The quantitative estimate of drug-likeness (QED) is 0.0261. The summed E-state index contributed by atoms with van der Waals surface area (Å²) in [6.07, 6.45) is 85.6. The molecule has 0 amide bonds. The number of unbranched alkanes of at least 4 members (excludes halogenated alkanes) is 31. The number of carbonyl (C=O) groups excluding carboxylic acids is 3. The zero-order valence-corrected chi connectivity index (χ0v) is 50.0. The van der Waals surface area contributed by atoms with Crippen LogP contribution in [0.25, 0.3) is 0 Å². The van der Waals surface area contributed by atoms with Crippen molar-refractivity contribution in [3.05, 3.63) is 97.2 Å². The second kappa shape index (κ2) is 63.9. The molecule has 436 valence electrons. The highest BCUT2D eigenvalue weighted by Crippen LogP contribution is 2.16. The number of hydrogen-bond donors (Lipinski definition) is 0. The fraction of sp³-hybridized carbons (Fsp3) is 0.729. The Kier molecular flexibility index (Phi) is 60.8. The normalized spacial score (nSPS) is 12.7. The Morgan fingerprint density at radius 3 is 0.829 bits per heavy atom. The summed E-state index contributed by atoms with van der Waals surface area (Å²) >= 11 is 0. The van der Waals surface area contributed by atoms with Crippen molar-refractivity contribution in [3.63, 3.8) is 0 Å². The lowest BCUT2D eigenvalue weighted by Gasteiger charge is -2.18. The molecule has 0 fully saturated rings. The molecule has 0 radical (unpaired) electrons. The molecule has 1 atom stereocenters. The van der Waals surface area contributed by atoms with Crippen molar-refractivity contribution < 1.29 is 28.6 Å². The van der Waals surface area contributed by atoms with Gasteiger partial charge in [-0.3, -0.25) is 14.4 Å². The third kappa shape index (κ3) is 61.2. The summed E-state index contributed by atoms with van der Waals surface area (Å²) in [6, 6.07) is 0. The van der Waals surface area contributed by atoms with Gasteiger partial charge in [-0.2, -0.15) is 0 Å². The van der Waals surface area contributed by atoms with Crippen LogP contribution in [-0.2, 0) is 28.6 Å². The maximum absolute atomic E-state index is 12.9. The molecular weight excluding hydrogens is 937 g/mol. The van der Waals surface area contributed by atoms with Gasteiger partial charge < -0.3 is 14.2 Å². The van der Waals surface area contributed by atoms with Gasteiger partial charge in [0.25, 0.3) is 0 Å². The fourth-order valence-corrected chi connectivity index (χ4v) is 9.01. The molecule has 6 heteroatoms. The number of ether oxygens (including phenoxy) is 3. The zero-order valence-electron chi connectivity index (χ0n) is 50.0. The summed E-state index contributed by atoms with van der Waals surface area (Å²) in [4.78, 5) is 38.3. The number of carbonyl (C=O) groups is 3. The predicted octanol–water partition coefficient (Wildman–Crippen LogP) is 22.0. The van der Waals surface area contributed by atoms with Gasteiger partial charge in [-0.25, -0.2) is 0 Å². The van der Waals surface area contributed by atoms with Crippen LogP contribution < -0.4 is 0 Å². The Balaban J connectivity index is 4.36. The molecule has 76 heavy (non-hydrogen) atoms. The third-order valence-electron chi connectivity index (χ3n) is 13.8. The van der Waals surface area contributed by atoms with Crippen LogP contribution in [0.15, 0.2) is 97.2 Å². The van der Waals surface area contributed by atoms with Gasteiger partial charge in [-0.15, -0.1) is 0 Å². The van der Waals surface area contributed by atoms with E-state index >= 15 is 0 Å². The molecule has 0 aliphatic carbocycles. The average Bonchev–Trinajstić information content (AvgIpc) is 3.42. The van der Waals surface area contributed by atoms with Gasteiger partial charge in [0.05, 0.1) is 0 Å². The van der Waals surface area contributed by atoms with E-state index in [2.05, 4.69) is 118 Å². The summed E-state index contributed by atoms with van der Waals surface area (Å²) in [5.41, 5.74) is 0. The van der Waals surface area contributed by atoms with Gasteiger partial charge >= 0.3 is 17.9 Å². The van der Waals surface area contributed by atoms with E-state index in [0.29, 0.717) is 19.3 Å². The molecule has 0 saturated heterocycles. The number of rotatable bonds is 58. The van der Waals surface area contributed by atoms with Crippen molar-refractivity contribution in [3.8, 4) is 0 Å². The lowest BCUT2D eigenvalue weighted by atomic mass is 10.0. The maximum atomic E-state index is 12.9. The first-order valence-electron chi connectivity index (χ1n) is 32.2. The van der Waals surface area contributed by atoms with Crippen LogP contribution in [0.4, 0.5) is 0 Å². The summed E-state index contributed by atoms with van der Waals surface area (Å²) < 4.78 is 16.9. The van der Waals surface area contributed by atoms with Crippen LogP contribution in [0, 0.1) is 0 Å². The first-order chi connectivity index (χ1) is 37.5. The van der Waals surface area contributed by atoms with E-state index in [1.54, 1.807) is 0 Å². The molecule has 0 saturated carbocycles. The van der Waals surface area contributed by atoms with Crippen molar-refractivity contribution in [2.75, 3.05) is 13.2 Å². The molecular formula is C70H120O6. The molecule has 0 spiro atoms. The SMILES string of the molecule is CC/C=C\C/C=C\C/C=C\C/C=C\C/C=C\C/C=C\CCCCC(=O)OC(COC(=O)CCCCCCCCCCCCCC)COC(=O)CCCCCCCCCCCCCCC/C=C\C/C=C\CCCCCCC. The largest absolute Gasteiger partial charge is 0.462 e. The van der Waals surface area contributed by atoms with Crippen molar-refractivity contribution in [1.82, 2.24) is 0 Å². The molecule has 0 aromatic rings. The fourth-order valence-electron chi connectivity index (χ4n) is 9.01. The molecule has 0 bridgehead atoms.